The average Bonchev–Trinajstić information content (AvgIpc) is 3.33. The number of ether oxygens (including phenoxy) is 2. The molecule has 2 rings (SSSR count). The average molecular weight is 310 g/mol. The Morgan fingerprint density at radius 2 is 1.11 bits per heavy atom. The minimum Gasteiger partial charge on any atom is -0.377 e. The van der Waals surface area contributed by atoms with Gasteiger partial charge in [-0.05, 0) is 0 Å². The van der Waals surface area contributed by atoms with Crippen molar-refractivity contribution in [2.24, 2.45) is 0 Å². The SMILES string of the molecule is CO[Si](CC1CO1)(OC)O[Si](CC1CO1)(OC)OC. The van der Waals surface area contributed by atoms with Crippen LogP contribution in [0.25, 0.3) is 0 Å². The normalized spacial score (nSPS) is 26.5. The first kappa shape index (κ1) is 15.5. The summed E-state index contributed by atoms with van der Waals surface area (Å²) in [6.07, 6.45) is 0.313. The predicted octanol–water partition coefficient (Wildman–Crippen LogP) is 0.264. The molecule has 2 atom stereocenters. The fourth-order valence-corrected chi connectivity index (χ4v) is 8.40. The van der Waals surface area contributed by atoms with E-state index in [2.05, 4.69) is 0 Å². The van der Waals surface area contributed by atoms with Crippen LogP contribution in [0.3, 0.4) is 0 Å². The van der Waals surface area contributed by atoms with E-state index in [9.17, 15) is 0 Å². The number of hydrogen-bond donors (Lipinski definition) is 0. The Morgan fingerprint density at radius 3 is 1.32 bits per heavy atom. The van der Waals surface area contributed by atoms with Gasteiger partial charge >= 0.3 is 17.6 Å². The zero-order valence-electron chi connectivity index (χ0n) is 11.8. The van der Waals surface area contributed by atoms with Gasteiger partial charge in [-0.3, -0.25) is 0 Å². The molecule has 0 aromatic heterocycles. The maximum atomic E-state index is 6.15. The maximum absolute atomic E-state index is 6.15. The van der Waals surface area contributed by atoms with E-state index in [1.165, 1.54) is 0 Å². The summed E-state index contributed by atoms with van der Waals surface area (Å²) in [6, 6.07) is 1.24. The number of epoxide rings is 2. The lowest BCUT2D eigenvalue weighted by Crippen LogP contribution is -2.58. The third-order valence-electron chi connectivity index (χ3n) is 3.32. The van der Waals surface area contributed by atoms with Gasteiger partial charge < -0.3 is 31.3 Å². The second-order valence-electron chi connectivity index (χ2n) is 4.60. The van der Waals surface area contributed by atoms with Gasteiger partial charge in [0, 0.05) is 40.5 Å². The quantitative estimate of drug-likeness (QED) is 0.423. The molecule has 7 nitrogen and oxygen atoms in total. The molecule has 0 radical (unpaired) electrons. The van der Waals surface area contributed by atoms with Crippen molar-refractivity contribution >= 4 is 17.6 Å². The minimum absolute atomic E-state index is 0.157. The molecule has 0 N–H and O–H groups in total. The zero-order chi connectivity index (χ0) is 13.9. The Kier molecular flexibility index (Phi) is 5.14. The highest BCUT2D eigenvalue weighted by Crippen LogP contribution is 2.32. The molecule has 0 aromatic rings. The first-order chi connectivity index (χ1) is 9.11. The molecule has 0 saturated carbocycles. The number of hydrogen-bond acceptors (Lipinski definition) is 7. The molecule has 2 aliphatic rings. The lowest BCUT2D eigenvalue weighted by Gasteiger charge is -2.35. The molecule has 2 saturated heterocycles. The molecule has 0 amide bonds. The lowest BCUT2D eigenvalue weighted by molar-refractivity contribution is 0.0838. The van der Waals surface area contributed by atoms with Gasteiger partial charge in [-0.15, -0.1) is 0 Å². The molecule has 0 spiro atoms. The topological polar surface area (TPSA) is 71.2 Å². The second kappa shape index (κ2) is 6.28. The van der Waals surface area contributed by atoms with Crippen molar-refractivity contribution in [3.8, 4) is 0 Å². The maximum Gasteiger partial charge on any atom is 0.495 e. The fraction of sp³-hybridized carbons (Fsp3) is 1.00. The Bertz CT molecular complexity index is 260. The first-order valence-electron chi connectivity index (χ1n) is 6.25. The monoisotopic (exact) mass is 310 g/mol. The summed E-state index contributed by atoms with van der Waals surface area (Å²) in [4.78, 5) is 0. The van der Waals surface area contributed by atoms with Gasteiger partial charge in [0.15, 0.2) is 0 Å². The van der Waals surface area contributed by atoms with Crippen molar-refractivity contribution < 1.29 is 31.3 Å². The van der Waals surface area contributed by atoms with Crippen LogP contribution in [-0.4, -0.2) is 71.5 Å². The highest BCUT2D eigenvalue weighted by Gasteiger charge is 2.56. The van der Waals surface area contributed by atoms with Crippen molar-refractivity contribution in [3.63, 3.8) is 0 Å². The van der Waals surface area contributed by atoms with Crippen molar-refractivity contribution in [1.82, 2.24) is 0 Å². The first-order valence-corrected chi connectivity index (χ1v) is 10.1. The summed E-state index contributed by atoms with van der Waals surface area (Å²) in [5.74, 6) is 0. The molecule has 2 fully saturated rings. The van der Waals surface area contributed by atoms with Crippen LogP contribution in [0.2, 0.25) is 12.1 Å². The van der Waals surface area contributed by atoms with Crippen molar-refractivity contribution in [2.45, 2.75) is 24.3 Å². The summed E-state index contributed by atoms with van der Waals surface area (Å²) in [5.41, 5.74) is 0. The zero-order valence-corrected chi connectivity index (χ0v) is 13.8. The summed E-state index contributed by atoms with van der Waals surface area (Å²) in [7, 11) is 0.715. The molecule has 9 heteroatoms. The molecule has 2 unspecified atom stereocenters. The molecule has 0 aromatic carbocycles. The number of rotatable bonds is 10. The van der Waals surface area contributed by atoms with Gasteiger partial charge in [-0.2, -0.15) is 0 Å². The minimum atomic E-state index is -2.83. The highest BCUT2D eigenvalue weighted by molar-refractivity contribution is 6.75. The van der Waals surface area contributed by atoms with Crippen LogP contribution in [-0.2, 0) is 31.3 Å². The second-order valence-corrected chi connectivity index (χ2v) is 10.6. The van der Waals surface area contributed by atoms with Crippen LogP contribution in [0, 0.1) is 0 Å². The molecule has 2 aliphatic heterocycles. The lowest BCUT2D eigenvalue weighted by atomic mass is 10.6. The molecular formula is C10H22O7Si2. The molecule has 19 heavy (non-hydrogen) atoms. The Hall–Kier alpha value is 0.154. The van der Waals surface area contributed by atoms with Gasteiger partial charge in [0.1, 0.15) is 0 Å². The van der Waals surface area contributed by atoms with E-state index in [1.54, 1.807) is 28.4 Å². The molecule has 2 heterocycles. The van der Waals surface area contributed by atoms with Gasteiger partial charge in [0.05, 0.1) is 25.4 Å². The van der Waals surface area contributed by atoms with E-state index in [0.29, 0.717) is 12.1 Å². The van der Waals surface area contributed by atoms with Crippen LogP contribution in [0.1, 0.15) is 0 Å². The van der Waals surface area contributed by atoms with E-state index in [1.807, 2.05) is 0 Å². The summed E-state index contributed by atoms with van der Waals surface area (Å²) in [6.45, 7) is 1.45. The summed E-state index contributed by atoms with van der Waals surface area (Å²) >= 11 is 0. The Balaban J connectivity index is 2.05. The molecular weight excluding hydrogens is 288 g/mol. The van der Waals surface area contributed by atoms with Crippen molar-refractivity contribution in [3.05, 3.63) is 0 Å². The molecule has 0 aliphatic carbocycles. The third-order valence-corrected chi connectivity index (χ3v) is 10.2. The van der Waals surface area contributed by atoms with Gasteiger partial charge in [0.2, 0.25) is 0 Å². The van der Waals surface area contributed by atoms with Crippen LogP contribution in [0.4, 0.5) is 0 Å². The smallest absolute Gasteiger partial charge is 0.377 e. The van der Waals surface area contributed by atoms with E-state index in [4.69, 9.17) is 31.3 Å². The van der Waals surface area contributed by atoms with Gasteiger partial charge in [-0.1, -0.05) is 0 Å². The van der Waals surface area contributed by atoms with Crippen LogP contribution >= 0.6 is 0 Å². The predicted molar refractivity (Wildman–Crippen MR) is 69.7 cm³/mol. The van der Waals surface area contributed by atoms with Crippen LogP contribution < -0.4 is 0 Å². The Morgan fingerprint density at radius 1 is 0.789 bits per heavy atom. The van der Waals surface area contributed by atoms with E-state index in [0.717, 1.165) is 13.2 Å². The van der Waals surface area contributed by atoms with Gasteiger partial charge in [0.25, 0.3) is 0 Å². The van der Waals surface area contributed by atoms with E-state index < -0.39 is 17.6 Å². The largest absolute Gasteiger partial charge is 0.495 e. The van der Waals surface area contributed by atoms with Gasteiger partial charge in [-0.25, -0.2) is 0 Å². The fourth-order valence-electron chi connectivity index (χ4n) is 1.92. The summed E-state index contributed by atoms with van der Waals surface area (Å²) in [5, 5.41) is 0. The van der Waals surface area contributed by atoms with Crippen molar-refractivity contribution in [1.29, 1.82) is 0 Å². The Labute approximate surface area is 115 Å². The van der Waals surface area contributed by atoms with E-state index in [-0.39, 0.29) is 12.2 Å². The summed E-state index contributed by atoms with van der Waals surface area (Å²) < 4.78 is 38.8. The van der Waals surface area contributed by atoms with E-state index >= 15 is 0 Å². The van der Waals surface area contributed by atoms with Crippen LogP contribution in [0.15, 0.2) is 0 Å². The van der Waals surface area contributed by atoms with Crippen LogP contribution in [0.5, 0.6) is 0 Å². The van der Waals surface area contributed by atoms with Crippen molar-refractivity contribution in [2.75, 3.05) is 41.7 Å². The highest BCUT2D eigenvalue weighted by atomic mass is 28.5. The standard InChI is InChI=1S/C10H22O7Si2/c1-11-18(12-2,7-9-5-15-9)17-19(13-3,14-4)8-10-6-16-10/h9-10H,5-8H2,1-4H3. The third kappa shape index (κ3) is 4.06. The molecule has 0 bridgehead atoms. The molecule has 112 valence electrons.